The third kappa shape index (κ3) is 7.74. The van der Waals surface area contributed by atoms with Crippen LogP contribution in [0.3, 0.4) is 0 Å². The van der Waals surface area contributed by atoms with Crippen LogP contribution >= 0.6 is 0 Å². The molecule has 0 spiro atoms. The third-order valence-corrected chi connectivity index (χ3v) is 17.9. The molecule has 0 aromatic carbocycles. The van der Waals surface area contributed by atoms with Gasteiger partial charge in [0.15, 0.2) is 23.2 Å². The van der Waals surface area contributed by atoms with Gasteiger partial charge >= 0.3 is 0 Å². The highest BCUT2D eigenvalue weighted by Gasteiger charge is 2.55. The molecule has 0 saturated heterocycles. The second-order valence-electron chi connectivity index (χ2n) is 16.9. The highest BCUT2D eigenvalue weighted by molar-refractivity contribution is 7.90. The molecule has 4 bridgehead atoms. The molecule has 3 N–H and O–H groups in total. The average Bonchev–Trinajstić information content (AvgIpc) is 3.02. The molecule has 1 unspecified atom stereocenters. The number of anilines is 2. The predicted molar refractivity (Wildman–Crippen MR) is 192 cm³/mol. The molecule has 5 saturated carbocycles. The Kier molecular flexibility index (Phi) is 9.99. The fourth-order valence-corrected chi connectivity index (χ4v) is 11.4. The van der Waals surface area contributed by atoms with Crippen molar-refractivity contribution < 1.29 is 12.8 Å². The number of hydrogen-bond acceptors (Lipinski definition) is 10. The molecule has 5 aliphatic carbocycles. The zero-order valence-corrected chi connectivity index (χ0v) is 31.5. The standard InChI is InChI=1S/C36H55N7O3SSi/c1-35(2,3)48(5,6)46-30-11-9-24(10-12-30)20-39-31-27-14-25-15-28(31)18-36(16-25,17-27)23-42-32-29(19-37)22-41-34(43-32)40-21-26-8-7-13-38-33(26)47(4,44)45/h7-8,13,22,24-25,27-28,30-31,39H,9-12,14-18,20-21,23H2,1-6H3,(H2,40,41,42,43)/t24-,25?,27-,28+,30-,31-,36-. The van der Waals surface area contributed by atoms with E-state index in [2.05, 4.69) is 70.8 Å². The zero-order valence-electron chi connectivity index (χ0n) is 29.7. The lowest BCUT2D eigenvalue weighted by molar-refractivity contribution is -0.0704. The first-order valence-corrected chi connectivity index (χ1v) is 22.7. The van der Waals surface area contributed by atoms with Crippen LogP contribution < -0.4 is 16.0 Å². The van der Waals surface area contributed by atoms with Crippen molar-refractivity contribution >= 4 is 29.9 Å². The minimum Gasteiger partial charge on any atom is -0.414 e. The van der Waals surface area contributed by atoms with Crippen LogP contribution in [0.2, 0.25) is 18.1 Å². The Bertz CT molecular complexity index is 1600. The van der Waals surface area contributed by atoms with Crippen LogP contribution in [0, 0.1) is 40.4 Å². The average molecular weight is 694 g/mol. The number of rotatable bonds is 12. The van der Waals surface area contributed by atoms with Gasteiger partial charge in [-0.1, -0.05) is 26.8 Å². The summed E-state index contributed by atoms with van der Waals surface area (Å²) in [7, 11) is -5.18. The summed E-state index contributed by atoms with van der Waals surface area (Å²) in [5.74, 6) is 3.82. The van der Waals surface area contributed by atoms with E-state index in [0.717, 1.165) is 31.2 Å². The quantitative estimate of drug-likeness (QED) is 0.210. The number of nitrogens with one attached hydrogen (secondary N) is 3. The van der Waals surface area contributed by atoms with Crippen molar-refractivity contribution in [2.45, 2.75) is 120 Å². The lowest BCUT2D eigenvalue weighted by atomic mass is 9.48. The molecule has 262 valence electrons. The molecule has 2 aromatic rings. The second kappa shape index (κ2) is 13.6. The topological polar surface area (TPSA) is 142 Å². The van der Waals surface area contributed by atoms with Gasteiger partial charge in [0.25, 0.3) is 0 Å². The van der Waals surface area contributed by atoms with E-state index < -0.39 is 18.2 Å². The van der Waals surface area contributed by atoms with E-state index in [1.54, 1.807) is 12.1 Å². The second-order valence-corrected chi connectivity index (χ2v) is 23.6. The van der Waals surface area contributed by atoms with E-state index in [1.807, 2.05) is 0 Å². The van der Waals surface area contributed by atoms with E-state index >= 15 is 0 Å². The van der Waals surface area contributed by atoms with Gasteiger partial charge in [0.1, 0.15) is 17.5 Å². The maximum atomic E-state index is 12.2. The summed E-state index contributed by atoms with van der Waals surface area (Å²) in [5.41, 5.74) is 1.18. The summed E-state index contributed by atoms with van der Waals surface area (Å²) in [5, 5.41) is 20.9. The summed E-state index contributed by atoms with van der Waals surface area (Å²) in [6.45, 7) is 13.9. The van der Waals surface area contributed by atoms with Gasteiger partial charge in [-0.3, -0.25) is 0 Å². The van der Waals surface area contributed by atoms with Gasteiger partial charge in [0.05, 0.1) is 6.20 Å². The molecule has 2 heterocycles. The fraction of sp³-hybridized carbons (Fsp3) is 0.722. The van der Waals surface area contributed by atoms with Crippen LogP contribution in [0.4, 0.5) is 11.8 Å². The van der Waals surface area contributed by atoms with Gasteiger partial charge < -0.3 is 20.4 Å². The summed E-state index contributed by atoms with van der Waals surface area (Å²) >= 11 is 0. The molecule has 7 rings (SSSR count). The highest BCUT2D eigenvalue weighted by atomic mass is 32.2. The van der Waals surface area contributed by atoms with Crippen molar-refractivity contribution in [3.05, 3.63) is 35.7 Å². The van der Waals surface area contributed by atoms with Gasteiger partial charge in [-0.05, 0) is 118 Å². The number of pyridine rings is 1. The van der Waals surface area contributed by atoms with Gasteiger partial charge in [-0.25, -0.2) is 18.4 Å². The molecule has 12 heteroatoms. The fourth-order valence-electron chi connectivity index (χ4n) is 9.11. The Morgan fingerprint density at radius 2 is 1.77 bits per heavy atom. The molecule has 5 fully saturated rings. The van der Waals surface area contributed by atoms with Crippen LogP contribution in [-0.4, -0.2) is 63.2 Å². The number of sulfone groups is 1. The van der Waals surface area contributed by atoms with Gasteiger partial charge in [-0.2, -0.15) is 10.2 Å². The summed E-state index contributed by atoms with van der Waals surface area (Å²) in [6.07, 6.45) is 15.9. The Labute approximate surface area is 288 Å². The lowest BCUT2D eigenvalue weighted by Gasteiger charge is -2.60. The number of nitrogens with zero attached hydrogens (tertiary/aromatic N) is 4. The first kappa shape index (κ1) is 35.2. The van der Waals surface area contributed by atoms with Crippen molar-refractivity contribution in [2.24, 2.45) is 29.1 Å². The third-order valence-electron chi connectivity index (χ3n) is 12.3. The monoisotopic (exact) mass is 693 g/mol. The smallest absolute Gasteiger partial charge is 0.224 e. The molecule has 0 amide bonds. The van der Waals surface area contributed by atoms with Crippen LogP contribution in [0.1, 0.15) is 89.7 Å². The molecular weight excluding hydrogens is 639 g/mol. The largest absolute Gasteiger partial charge is 0.414 e. The number of nitriles is 1. The van der Waals surface area contributed by atoms with Crippen LogP contribution in [-0.2, 0) is 20.8 Å². The molecule has 5 aliphatic rings. The molecule has 48 heavy (non-hydrogen) atoms. The minimum absolute atomic E-state index is 0.0400. The van der Waals surface area contributed by atoms with Crippen molar-refractivity contribution in [2.75, 3.05) is 30.0 Å². The first-order valence-electron chi connectivity index (χ1n) is 17.9. The van der Waals surface area contributed by atoms with Gasteiger partial charge in [-0.15, -0.1) is 0 Å². The molecule has 0 radical (unpaired) electrons. The van der Waals surface area contributed by atoms with Crippen molar-refractivity contribution in [3.63, 3.8) is 0 Å². The van der Waals surface area contributed by atoms with E-state index in [1.165, 1.54) is 70.2 Å². The van der Waals surface area contributed by atoms with Crippen molar-refractivity contribution in [1.29, 1.82) is 5.26 Å². The van der Waals surface area contributed by atoms with Crippen LogP contribution in [0.15, 0.2) is 29.6 Å². The lowest BCUT2D eigenvalue weighted by Crippen LogP contribution is -2.60. The van der Waals surface area contributed by atoms with E-state index in [4.69, 9.17) is 4.43 Å². The minimum atomic E-state index is -3.47. The normalized spacial score (nSPS) is 30.2. The predicted octanol–water partition coefficient (Wildman–Crippen LogP) is 6.54. The van der Waals surface area contributed by atoms with Crippen LogP contribution in [0.25, 0.3) is 0 Å². The Morgan fingerprint density at radius 3 is 2.42 bits per heavy atom. The van der Waals surface area contributed by atoms with Crippen molar-refractivity contribution in [3.8, 4) is 6.07 Å². The van der Waals surface area contributed by atoms with E-state index in [0.29, 0.717) is 46.9 Å². The number of aromatic nitrogens is 3. The first-order chi connectivity index (χ1) is 22.6. The molecular formula is C36H55N7O3SSi. The maximum Gasteiger partial charge on any atom is 0.224 e. The molecule has 10 nitrogen and oxygen atoms in total. The Hall–Kier alpha value is -2.59. The SMILES string of the molecule is CC(C)(C)[Si](C)(C)O[C@H]1CC[C@H](CN[C@@H]2[C@@H]3CC4C[C@H]2C[C@@](CNc2nc(NCc5cccnc5S(C)(=O)=O)ncc2C#N)(C4)C3)CC1. The maximum absolute atomic E-state index is 12.2. The molecule has 0 aliphatic heterocycles. The molecule has 2 aromatic heterocycles. The highest BCUT2D eigenvalue weighted by Crippen LogP contribution is 2.60. The summed E-state index contributed by atoms with van der Waals surface area (Å²) in [6, 6.07) is 6.29. The number of hydrogen-bond donors (Lipinski definition) is 3. The summed E-state index contributed by atoms with van der Waals surface area (Å²) in [4.78, 5) is 13.0. The molecule has 5 atom stereocenters. The van der Waals surface area contributed by atoms with Crippen molar-refractivity contribution in [1.82, 2.24) is 20.3 Å². The van der Waals surface area contributed by atoms with Gasteiger partial charge in [0.2, 0.25) is 5.95 Å². The Morgan fingerprint density at radius 1 is 1.06 bits per heavy atom. The van der Waals surface area contributed by atoms with Gasteiger partial charge in [0, 0.05) is 43.3 Å². The van der Waals surface area contributed by atoms with Crippen LogP contribution in [0.5, 0.6) is 0 Å². The van der Waals surface area contributed by atoms with E-state index in [9.17, 15) is 13.7 Å². The Balaban J connectivity index is 1.03. The zero-order chi connectivity index (χ0) is 34.3. The summed E-state index contributed by atoms with van der Waals surface area (Å²) < 4.78 is 31.1. The van der Waals surface area contributed by atoms with E-state index in [-0.39, 0.29) is 22.0 Å².